The van der Waals surface area contributed by atoms with Gasteiger partial charge in [-0.05, 0) is 12.1 Å². The highest BCUT2D eigenvalue weighted by atomic mass is 16.4. The van der Waals surface area contributed by atoms with Gasteiger partial charge >= 0.3 is 5.97 Å². The summed E-state index contributed by atoms with van der Waals surface area (Å²) in [5.41, 5.74) is 1.25. The van der Waals surface area contributed by atoms with Crippen LogP contribution in [0.5, 0.6) is 0 Å². The Morgan fingerprint density at radius 3 is 2.69 bits per heavy atom. The molecule has 3 aromatic rings. The quantitative estimate of drug-likeness (QED) is 0.597. The van der Waals surface area contributed by atoms with Gasteiger partial charge in [0.2, 0.25) is 11.7 Å². The van der Waals surface area contributed by atoms with Crippen molar-refractivity contribution in [1.82, 2.24) is 40.5 Å². The van der Waals surface area contributed by atoms with E-state index in [-0.39, 0.29) is 19.0 Å². The lowest BCUT2D eigenvalue weighted by atomic mass is 10.2. The Balaban J connectivity index is 1.59. The van der Waals surface area contributed by atoms with Crippen LogP contribution >= 0.6 is 0 Å². The van der Waals surface area contributed by atoms with Crippen LogP contribution in [0.3, 0.4) is 0 Å². The summed E-state index contributed by atoms with van der Waals surface area (Å²) in [5, 5.41) is 31.0. The molecule has 134 valence electrons. The third-order valence-electron chi connectivity index (χ3n) is 3.51. The second-order valence-corrected chi connectivity index (χ2v) is 5.49. The smallest absolute Gasteiger partial charge is 0.325 e. The molecule has 0 aliphatic carbocycles. The number of carboxylic acids is 1. The predicted molar refractivity (Wildman–Crippen MR) is 87.5 cm³/mol. The number of benzene rings is 1. The third kappa shape index (κ3) is 4.06. The van der Waals surface area contributed by atoms with E-state index in [1.165, 1.54) is 15.7 Å². The molecular weight excluding hydrogens is 340 g/mol. The van der Waals surface area contributed by atoms with Crippen LogP contribution in [0.15, 0.2) is 36.5 Å². The molecule has 0 spiro atoms. The maximum absolute atomic E-state index is 12.3. The van der Waals surface area contributed by atoms with Crippen LogP contribution in [0.4, 0.5) is 0 Å². The van der Waals surface area contributed by atoms with E-state index < -0.39 is 12.0 Å². The second kappa shape index (κ2) is 7.51. The number of carbonyl (C=O) groups is 2. The van der Waals surface area contributed by atoms with Gasteiger partial charge in [0.05, 0.1) is 12.7 Å². The highest BCUT2D eigenvalue weighted by Gasteiger charge is 2.19. The van der Waals surface area contributed by atoms with Gasteiger partial charge in [-0.15, -0.1) is 15.3 Å². The summed E-state index contributed by atoms with van der Waals surface area (Å²) in [6, 6.07) is 8.65. The molecule has 3 rings (SSSR count). The minimum atomic E-state index is -1.02. The lowest BCUT2D eigenvalue weighted by Gasteiger charge is -2.09. The minimum Gasteiger partial charge on any atom is -0.480 e. The molecule has 11 heteroatoms. The summed E-state index contributed by atoms with van der Waals surface area (Å²) in [5.74, 6) is -0.915. The van der Waals surface area contributed by atoms with Gasteiger partial charge < -0.3 is 10.4 Å². The van der Waals surface area contributed by atoms with Crippen molar-refractivity contribution in [2.24, 2.45) is 0 Å². The number of rotatable bonds is 7. The van der Waals surface area contributed by atoms with Crippen molar-refractivity contribution < 1.29 is 14.7 Å². The van der Waals surface area contributed by atoms with Crippen molar-refractivity contribution in [2.45, 2.75) is 26.1 Å². The Morgan fingerprint density at radius 2 is 1.96 bits per heavy atom. The van der Waals surface area contributed by atoms with Crippen LogP contribution in [0.1, 0.15) is 18.7 Å². The summed E-state index contributed by atoms with van der Waals surface area (Å²) in [6.07, 6.45) is 1.46. The van der Waals surface area contributed by atoms with E-state index in [9.17, 15) is 9.59 Å². The highest BCUT2D eigenvalue weighted by molar-refractivity contribution is 5.79. The van der Waals surface area contributed by atoms with Gasteiger partial charge in [0.1, 0.15) is 18.3 Å². The Morgan fingerprint density at radius 1 is 1.19 bits per heavy atom. The first-order chi connectivity index (χ1) is 12.5. The molecular formula is C15H16N8O3. The van der Waals surface area contributed by atoms with E-state index >= 15 is 0 Å². The number of aliphatic carboxylic acids is 1. The fraction of sp³-hybridized carbons (Fsp3) is 0.267. The van der Waals surface area contributed by atoms with Gasteiger partial charge in [-0.2, -0.15) is 4.80 Å². The molecule has 0 fully saturated rings. The number of amides is 1. The van der Waals surface area contributed by atoms with Crippen LogP contribution in [0.25, 0.3) is 11.4 Å². The molecule has 0 aliphatic rings. The summed E-state index contributed by atoms with van der Waals surface area (Å²) in [4.78, 5) is 24.1. The predicted octanol–water partition coefficient (Wildman–Crippen LogP) is -0.106. The molecule has 1 aromatic carbocycles. The summed E-state index contributed by atoms with van der Waals surface area (Å²) in [6.45, 7) is 1.47. The largest absolute Gasteiger partial charge is 0.480 e. The van der Waals surface area contributed by atoms with E-state index in [0.717, 1.165) is 5.56 Å². The molecule has 1 atom stereocenters. The van der Waals surface area contributed by atoms with Crippen LogP contribution in [0.2, 0.25) is 0 Å². The van der Waals surface area contributed by atoms with Crippen molar-refractivity contribution in [3.05, 3.63) is 42.2 Å². The zero-order valence-electron chi connectivity index (χ0n) is 13.8. The minimum absolute atomic E-state index is 0.114. The molecule has 0 radical (unpaired) electrons. The van der Waals surface area contributed by atoms with E-state index in [2.05, 4.69) is 31.0 Å². The molecule has 0 saturated carbocycles. The maximum Gasteiger partial charge on any atom is 0.325 e. The van der Waals surface area contributed by atoms with Gasteiger partial charge in [0, 0.05) is 5.56 Å². The molecule has 11 nitrogen and oxygen atoms in total. The fourth-order valence-corrected chi connectivity index (χ4v) is 2.16. The number of carboxylic acid groups (broad SMARTS) is 1. The summed E-state index contributed by atoms with van der Waals surface area (Å²) in [7, 11) is 0. The number of tetrazole rings is 1. The fourth-order valence-electron chi connectivity index (χ4n) is 2.16. The van der Waals surface area contributed by atoms with E-state index in [1.807, 2.05) is 30.3 Å². The first-order valence-electron chi connectivity index (χ1n) is 7.76. The number of aromatic nitrogens is 7. The van der Waals surface area contributed by atoms with Gasteiger partial charge in [0.15, 0.2) is 0 Å². The first-order valence-corrected chi connectivity index (χ1v) is 7.76. The summed E-state index contributed by atoms with van der Waals surface area (Å²) < 4.78 is 1.18. The van der Waals surface area contributed by atoms with Crippen LogP contribution in [-0.2, 0) is 22.7 Å². The Bertz CT molecular complexity index is 905. The topological polar surface area (TPSA) is 141 Å². The lowest BCUT2D eigenvalue weighted by Crippen LogP contribution is -2.31. The highest BCUT2D eigenvalue weighted by Crippen LogP contribution is 2.13. The third-order valence-corrected chi connectivity index (χ3v) is 3.51. The SMILES string of the molecule is CC(C(=O)NCc1cn(CC(=O)O)nn1)n1nnc(-c2ccccc2)n1. The first kappa shape index (κ1) is 17.2. The van der Waals surface area contributed by atoms with Crippen LogP contribution in [0, 0.1) is 0 Å². The molecule has 0 aliphatic heterocycles. The van der Waals surface area contributed by atoms with E-state index in [4.69, 9.17) is 5.11 Å². The van der Waals surface area contributed by atoms with Crippen molar-refractivity contribution in [2.75, 3.05) is 0 Å². The molecule has 1 unspecified atom stereocenters. The molecule has 2 N–H and O–H groups in total. The average Bonchev–Trinajstić information content (AvgIpc) is 3.29. The molecule has 0 saturated heterocycles. The molecule has 2 heterocycles. The Labute approximate surface area is 147 Å². The zero-order chi connectivity index (χ0) is 18.5. The summed E-state index contributed by atoms with van der Waals surface area (Å²) >= 11 is 0. The van der Waals surface area contributed by atoms with Crippen molar-refractivity contribution in [1.29, 1.82) is 0 Å². The van der Waals surface area contributed by atoms with Crippen LogP contribution < -0.4 is 5.32 Å². The number of hydrogen-bond donors (Lipinski definition) is 2. The zero-order valence-corrected chi connectivity index (χ0v) is 13.8. The Hall–Kier alpha value is -3.63. The molecule has 0 bridgehead atoms. The van der Waals surface area contributed by atoms with Crippen molar-refractivity contribution in [3.63, 3.8) is 0 Å². The number of hydrogen-bond acceptors (Lipinski definition) is 7. The normalized spacial score (nSPS) is 11.9. The van der Waals surface area contributed by atoms with Gasteiger partial charge in [-0.3, -0.25) is 9.59 Å². The average molecular weight is 356 g/mol. The van der Waals surface area contributed by atoms with E-state index in [0.29, 0.717) is 11.5 Å². The molecule has 1 amide bonds. The van der Waals surface area contributed by atoms with Crippen molar-refractivity contribution in [3.8, 4) is 11.4 Å². The number of nitrogens with zero attached hydrogens (tertiary/aromatic N) is 7. The molecule has 2 aromatic heterocycles. The monoisotopic (exact) mass is 356 g/mol. The van der Waals surface area contributed by atoms with E-state index in [1.54, 1.807) is 6.92 Å². The second-order valence-electron chi connectivity index (χ2n) is 5.49. The number of carbonyl (C=O) groups excluding carboxylic acids is 1. The van der Waals surface area contributed by atoms with Crippen LogP contribution in [-0.4, -0.2) is 52.2 Å². The van der Waals surface area contributed by atoms with Gasteiger partial charge in [0.25, 0.3) is 0 Å². The lowest BCUT2D eigenvalue weighted by molar-refractivity contribution is -0.138. The molecule has 26 heavy (non-hydrogen) atoms. The Kier molecular flexibility index (Phi) is 4.97. The maximum atomic E-state index is 12.3. The van der Waals surface area contributed by atoms with Crippen molar-refractivity contribution >= 4 is 11.9 Å². The van der Waals surface area contributed by atoms with Gasteiger partial charge in [-0.1, -0.05) is 35.5 Å². The van der Waals surface area contributed by atoms with Gasteiger partial charge in [-0.25, -0.2) is 4.68 Å². The standard InChI is InChI=1S/C15H16N8O3/c1-10(23-19-14(18-21-23)11-5-3-2-4-6-11)15(26)16-7-12-8-22(20-17-12)9-13(24)25/h2-6,8,10H,7,9H2,1H3,(H,16,26)(H,24,25). The number of nitrogens with one attached hydrogen (secondary N) is 1.